The number of hydrogen-bond donors (Lipinski definition) is 1. The zero-order chi connectivity index (χ0) is 14.2. The van der Waals surface area contributed by atoms with E-state index in [-0.39, 0.29) is 6.04 Å². The molecule has 1 aliphatic rings. The maximum Gasteiger partial charge on any atom is 0.160 e. The van der Waals surface area contributed by atoms with Crippen molar-refractivity contribution in [2.75, 3.05) is 0 Å². The summed E-state index contributed by atoms with van der Waals surface area (Å²) in [5, 5.41) is 14.5. The maximum atomic E-state index is 4.36. The van der Waals surface area contributed by atoms with Crippen LogP contribution in [0.1, 0.15) is 48.1 Å². The summed E-state index contributed by atoms with van der Waals surface area (Å²) >= 11 is 1.88. The predicted octanol–water partition coefficient (Wildman–Crippen LogP) is 3.52. The first kappa shape index (κ1) is 13.0. The van der Waals surface area contributed by atoms with Gasteiger partial charge in [0.1, 0.15) is 0 Å². The van der Waals surface area contributed by atoms with Gasteiger partial charge in [-0.2, -0.15) is 0 Å². The van der Waals surface area contributed by atoms with Gasteiger partial charge in [0.2, 0.25) is 0 Å². The molecule has 0 aliphatic heterocycles. The van der Waals surface area contributed by atoms with Gasteiger partial charge in [-0.15, -0.1) is 21.5 Å². The SMILES string of the molecule is CC(NC1CCCc2sccc21)c1nnc2ccccn12. The molecule has 0 saturated heterocycles. The van der Waals surface area contributed by atoms with Crippen molar-refractivity contribution in [2.24, 2.45) is 0 Å². The third-order valence-corrected chi connectivity index (χ3v) is 5.23. The molecule has 1 aliphatic carbocycles. The average molecular weight is 298 g/mol. The van der Waals surface area contributed by atoms with Crippen LogP contribution in [-0.2, 0) is 6.42 Å². The molecule has 0 bridgehead atoms. The third-order valence-electron chi connectivity index (χ3n) is 4.23. The molecule has 3 aromatic rings. The number of hydrogen-bond acceptors (Lipinski definition) is 4. The molecular weight excluding hydrogens is 280 g/mol. The molecule has 0 amide bonds. The second-order valence-corrected chi connectivity index (χ2v) is 6.62. The van der Waals surface area contributed by atoms with Crippen molar-refractivity contribution in [3.8, 4) is 0 Å². The fourth-order valence-corrected chi connectivity index (χ4v) is 4.18. The normalized spacial score (nSPS) is 19.6. The van der Waals surface area contributed by atoms with Gasteiger partial charge < -0.3 is 5.32 Å². The molecule has 0 radical (unpaired) electrons. The van der Waals surface area contributed by atoms with Crippen LogP contribution in [0.4, 0.5) is 0 Å². The third kappa shape index (κ3) is 2.26. The largest absolute Gasteiger partial charge is 0.301 e. The summed E-state index contributed by atoms with van der Waals surface area (Å²) in [5.74, 6) is 0.980. The minimum absolute atomic E-state index is 0.179. The van der Waals surface area contributed by atoms with E-state index >= 15 is 0 Å². The number of aryl methyl sites for hydroxylation is 1. The fourth-order valence-electron chi connectivity index (χ4n) is 3.19. The Labute approximate surface area is 127 Å². The van der Waals surface area contributed by atoms with Crippen molar-refractivity contribution >= 4 is 17.0 Å². The van der Waals surface area contributed by atoms with Crippen molar-refractivity contribution in [3.63, 3.8) is 0 Å². The first-order valence-corrected chi connectivity index (χ1v) is 8.33. The van der Waals surface area contributed by atoms with Crippen LogP contribution in [0.5, 0.6) is 0 Å². The van der Waals surface area contributed by atoms with Gasteiger partial charge in [0.25, 0.3) is 0 Å². The van der Waals surface area contributed by atoms with E-state index in [4.69, 9.17) is 0 Å². The quantitative estimate of drug-likeness (QED) is 0.804. The summed E-state index contributed by atoms with van der Waals surface area (Å²) in [5.41, 5.74) is 2.38. The van der Waals surface area contributed by atoms with Crippen LogP contribution < -0.4 is 5.32 Å². The van der Waals surface area contributed by atoms with Crippen LogP contribution in [0, 0.1) is 0 Å². The maximum absolute atomic E-state index is 4.36. The molecule has 0 saturated carbocycles. The molecule has 0 fully saturated rings. The highest BCUT2D eigenvalue weighted by Crippen LogP contribution is 2.34. The summed E-state index contributed by atoms with van der Waals surface area (Å²) in [6.07, 6.45) is 5.72. The lowest BCUT2D eigenvalue weighted by molar-refractivity contribution is 0.407. The van der Waals surface area contributed by atoms with E-state index in [9.17, 15) is 0 Å². The number of thiophene rings is 1. The van der Waals surface area contributed by atoms with Crippen molar-refractivity contribution in [3.05, 3.63) is 52.1 Å². The van der Waals surface area contributed by atoms with Gasteiger partial charge in [0.15, 0.2) is 11.5 Å². The van der Waals surface area contributed by atoms with Gasteiger partial charge in [-0.05, 0) is 55.3 Å². The monoisotopic (exact) mass is 298 g/mol. The minimum Gasteiger partial charge on any atom is -0.301 e. The van der Waals surface area contributed by atoms with Crippen LogP contribution >= 0.6 is 11.3 Å². The standard InChI is InChI=1S/C16H18N4S/c1-11(16-19-18-15-7-2-3-9-20(15)16)17-13-5-4-6-14-12(13)8-10-21-14/h2-3,7-11,13,17H,4-6H2,1H3. The first-order valence-electron chi connectivity index (χ1n) is 7.45. The van der Waals surface area contributed by atoms with E-state index in [0.29, 0.717) is 6.04 Å². The molecule has 2 atom stereocenters. The number of fused-ring (bicyclic) bond motifs is 2. The highest BCUT2D eigenvalue weighted by atomic mass is 32.1. The Balaban J connectivity index is 1.61. The van der Waals surface area contributed by atoms with Crippen LogP contribution in [0.15, 0.2) is 35.8 Å². The Bertz CT molecular complexity index is 760. The van der Waals surface area contributed by atoms with E-state index in [1.54, 1.807) is 0 Å². The number of nitrogens with zero attached hydrogens (tertiary/aromatic N) is 3. The average Bonchev–Trinajstić information content (AvgIpc) is 3.14. The van der Waals surface area contributed by atoms with E-state index in [2.05, 4.69) is 38.3 Å². The fraction of sp³-hybridized carbons (Fsp3) is 0.375. The summed E-state index contributed by atoms with van der Waals surface area (Å²) in [6, 6.07) is 8.88. The topological polar surface area (TPSA) is 42.2 Å². The lowest BCUT2D eigenvalue weighted by Gasteiger charge is -2.26. The van der Waals surface area contributed by atoms with E-state index in [0.717, 1.165) is 11.5 Å². The molecule has 21 heavy (non-hydrogen) atoms. The van der Waals surface area contributed by atoms with Crippen molar-refractivity contribution in [2.45, 2.75) is 38.3 Å². The zero-order valence-corrected chi connectivity index (χ0v) is 12.8. The van der Waals surface area contributed by atoms with Gasteiger partial charge in [0.05, 0.1) is 6.04 Å². The summed E-state index contributed by atoms with van der Waals surface area (Å²) < 4.78 is 2.06. The van der Waals surface area contributed by atoms with Gasteiger partial charge in [0, 0.05) is 17.1 Å². The van der Waals surface area contributed by atoms with Crippen molar-refractivity contribution < 1.29 is 0 Å². The van der Waals surface area contributed by atoms with Crippen LogP contribution in [0.2, 0.25) is 0 Å². The van der Waals surface area contributed by atoms with Crippen LogP contribution in [-0.4, -0.2) is 14.6 Å². The number of nitrogens with one attached hydrogen (secondary N) is 1. The zero-order valence-electron chi connectivity index (χ0n) is 12.0. The molecule has 3 heterocycles. The summed E-state index contributed by atoms with van der Waals surface area (Å²) in [6.45, 7) is 2.17. The number of rotatable bonds is 3. The van der Waals surface area contributed by atoms with Crippen LogP contribution in [0.25, 0.3) is 5.65 Å². The number of pyridine rings is 1. The Morgan fingerprint density at radius 1 is 1.33 bits per heavy atom. The van der Waals surface area contributed by atoms with E-state index < -0.39 is 0 Å². The number of aromatic nitrogens is 3. The van der Waals surface area contributed by atoms with E-state index in [1.165, 1.54) is 29.7 Å². The van der Waals surface area contributed by atoms with E-state index in [1.807, 2.05) is 35.7 Å². The molecule has 108 valence electrons. The molecule has 4 rings (SSSR count). The Kier molecular flexibility index (Phi) is 3.24. The smallest absolute Gasteiger partial charge is 0.160 e. The van der Waals surface area contributed by atoms with Gasteiger partial charge in [-0.3, -0.25) is 4.40 Å². The summed E-state index contributed by atoms with van der Waals surface area (Å²) in [7, 11) is 0. The van der Waals surface area contributed by atoms with Crippen molar-refractivity contribution in [1.29, 1.82) is 0 Å². The summed E-state index contributed by atoms with van der Waals surface area (Å²) in [4.78, 5) is 1.54. The molecular formula is C16H18N4S. The molecule has 4 nitrogen and oxygen atoms in total. The Morgan fingerprint density at radius 3 is 3.24 bits per heavy atom. The first-order chi connectivity index (χ1) is 10.3. The lowest BCUT2D eigenvalue weighted by atomic mass is 9.93. The second kappa shape index (κ2) is 5.24. The highest BCUT2D eigenvalue weighted by molar-refractivity contribution is 7.10. The molecule has 2 unspecified atom stereocenters. The molecule has 5 heteroatoms. The second-order valence-electron chi connectivity index (χ2n) is 5.62. The van der Waals surface area contributed by atoms with Gasteiger partial charge in [-0.1, -0.05) is 6.07 Å². The molecule has 0 spiro atoms. The predicted molar refractivity (Wildman–Crippen MR) is 84.5 cm³/mol. The molecule has 3 aromatic heterocycles. The van der Waals surface area contributed by atoms with Gasteiger partial charge in [-0.25, -0.2) is 0 Å². The minimum atomic E-state index is 0.179. The molecule has 1 N–H and O–H groups in total. The molecule has 0 aromatic carbocycles. The highest BCUT2D eigenvalue weighted by Gasteiger charge is 2.24. The lowest BCUT2D eigenvalue weighted by Crippen LogP contribution is -2.28. The Hall–Kier alpha value is -1.72. The van der Waals surface area contributed by atoms with Gasteiger partial charge >= 0.3 is 0 Å². The van der Waals surface area contributed by atoms with Crippen molar-refractivity contribution in [1.82, 2.24) is 19.9 Å². The van der Waals surface area contributed by atoms with Crippen LogP contribution in [0.3, 0.4) is 0 Å². The Morgan fingerprint density at radius 2 is 2.29 bits per heavy atom.